The molecule has 2 saturated carbocycles. The van der Waals surface area contributed by atoms with Crippen LogP contribution >= 0.6 is 0 Å². The first-order chi connectivity index (χ1) is 14.7. The Balaban J connectivity index is 1.95. The molecule has 1 aromatic rings. The van der Waals surface area contributed by atoms with Crippen LogP contribution in [0.5, 0.6) is 0 Å². The van der Waals surface area contributed by atoms with Crippen molar-refractivity contribution in [2.45, 2.75) is 64.2 Å². The number of methoxy groups -OCH3 is 3. The third kappa shape index (κ3) is 5.68. The first kappa shape index (κ1) is 22.5. The van der Waals surface area contributed by atoms with Crippen LogP contribution in [-0.4, -0.2) is 27.3 Å². The molecule has 0 bridgehead atoms. The molecular formula is C26H36O4. The van der Waals surface area contributed by atoms with E-state index in [-0.39, 0.29) is 5.97 Å². The van der Waals surface area contributed by atoms with E-state index < -0.39 is 0 Å². The van der Waals surface area contributed by atoms with Crippen molar-refractivity contribution in [3.05, 3.63) is 46.4 Å². The third-order valence-corrected chi connectivity index (χ3v) is 6.57. The number of benzene rings is 1. The van der Waals surface area contributed by atoms with Crippen molar-refractivity contribution in [3.8, 4) is 0 Å². The number of hydrogen-bond acceptors (Lipinski definition) is 4. The van der Waals surface area contributed by atoms with Gasteiger partial charge in [-0.2, -0.15) is 0 Å². The second kappa shape index (κ2) is 11.2. The van der Waals surface area contributed by atoms with E-state index in [0.29, 0.717) is 17.4 Å². The van der Waals surface area contributed by atoms with E-state index in [0.717, 1.165) is 35.5 Å². The molecule has 2 aliphatic carbocycles. The van der Waals surface area contributed by atoms with Gasteiger partial charge in [-0.3, -0.25) is 0 Å². The molecule has 164 valence electrons. The zero-order valence-corrected chi connectivity index (χ0v) is 18.7. The summed E-state index contributed by atoms with van der Waals surface area (Å²) < 4.78 is 16.6. The minimum absolute atomic E-state index is 0.324. The Morgan fingerprint density at radius 2 is 1.30 bits per heavy atom. The van der Waals surface area contributed by atoms with Crippen LogP contribution in [0.25, 0.3) is 12.2 Å². The minimum atomic E-state index is -0.324. The van der Waals surface area contributed by atoms with Crippen molar-refractivity contribution < 1.29 is 19.0 Å². The molecule has 0 N–H and O–H groups in total. The lowest BCUT2D eigenvalue weighted by Crippen LogP contribution is -2.11. The van der Waals surface area contributed by atoms with Crippen LogP contribution < -0.4 is 0 Å². The first-order valence-electron chi connectivity index (χ1n) is 11.4. The molecule has 0 amide bonds. The topological polar surface area (TPSA) is 44.8 Å². The van der Waals surface area contributed by atoms with E-state index in [1.54, 1.807) is 14.2 Å². The van der Waals surface area contributed by atoms with E-state index >= 15 is 0 Å². The van der Waals surface area contributed by atoms with Crippen molar-refractivity contribution >= 4 is 18.1 Å². The highest BCUT2D eigenvalue weighted by Gasteiger charge is 2.21. The predicted octanol–water partition coefficient (Wildman–Crippen LogP) is 6.61. The minimum Gasteiger partial charge on any atom is -0.501 e. The van der Waals surface area contributed by atoms with Gasteiger partial charge in [0.2, 0.25) is 0 Å². The summed E-state index contributed by atoms with van der Waals surface area (Å²) in [6.07, 6.45) is 16.4. The van der Waals surface area contributed by atoms with E-state index in [4.69, 9.17) is 14.2 Å². The van der Waals surface area contributed by atoms with Crippen LogP contribution in [-0.2, 0) is 14.2 Å². The molecule has 0 aromatic heterocycles. The largest absolute Gasteiger partial charge is 0.501 e. The lowest BCUT2D eigenvalue weighted by Gasteiger charge is -2.24. The summed E-state index contributed by atoms with van der Waals surface area (Å²) in [6, 6.07) is 5.88. The Hall–Kier alpha value is -2.23. The number of allylic oxidation sites excluding steroid dienone is 2. The third-order valence-electron chi connectivity index (χ3n) is 6.57. The Morgan fingerprint density at radius 3 is 1.80 bits per heavy atom. The van der Waals surface area contributed by atoms with Crippen LogP contribution in [0.1, 0.15) is 85.7 Å². The lowest BCUT2D eigenvalue weighted by atomic mass is 9.86. The molecule has 3 rings (SSSR count). The monoisotopic (exact) mass is 412 g/mol. The molecule has 2 fully saturated rings. The molecule has 0 spiro atoms. The quantitative estimate of drug-likeness (QED) is 0.373. The first-order valence-corrected chi connectivity index (χ1v) is 11.4. The van der Waals surface area contributed by atoms with Crippen LogP contribution in [0.4, 0.5) is 0 Å². The summed E-state index contributed by atoms with van der Waals surface area (Å²) in [5.74, 6) is 2.58. The molecule has 0 atom stereocenters. The summed E-state index contributed by atoms with van der Waals surface area (Å²) in [5.41, 5.74) is 2.45. The zero-order chi connectivity index (χ0) is 21.3. The average Bonchev–Trinajstić information content (AvgIpc) is 2.81. The highest BCUT2D eigenvalue weighted by atomic mass is 16.5. The Labute approximate surface area is 181 Å². The van der Waals surface area contributed by atoms with Crippen molar-refractivity contribution in [3.63, 3.8) is 0 Å². The highest BCUT2D eigenvalue weighted by Crippen LogP contribution is 2.33. The summed E-state index contributed by atoms with van der Waals surface area (Å²) in [6.45, 7) is 0. The molecule has 1 aromatic carbocycles. The molecule has 0 unspecified atom stereocenters. The SMILES string of the molecule is COC(=O)c1ccc(C=C(OC)C2CCCCC2)cc1C=C(OC)C1CCCCC1. The van der Waals surface area contributed by atoms with E-state index in [1.165, 1.54) is 58.5 Å². The van der Waals surface area contributed by atoms with Gasteiger partial charge in [-0.25, -0.2) is 4.79 Å². The lowest BCUT2D eigenvalue weighted by molar-refractivity contribution is 0.0600. The van der Waals surface area contributed by atoms with E-state index in [9.17, 15) is 4.79 Å². The van der Waals surface area contributed by atoms with Gasteiger partial charge in [0.05, 0.1) is 38.4 Å². The average molecular weight is 413 g/mol. The summed E-state index contributed by atoms with van der Waals surface area (Å²) in [5, 5.41) is 0. The van der Waals surface area contributed by atoms with E-state index in [1.807, 2.05) is 18.2 Å². The number of carbonyl (C=O) groups is 1. The van der Waals surface area contributed by atoms with Crippen LogP contribution in [0.2, 0.25) is 0 Å². The van der Waals surface area contributed by atoms with Gasteiger partial charge in [0.25, 0.3) is 0 Å². The maximum Gasteiger partial charge on any atom is 0.338 e. The standard InChI is InChI=1S/C26H36O4/c1-28-24(20-10-6-4-7-11-20)17-19-14-15-23(26(27)30-3)22(16-19)18-25(29-2)21-12-8-5-9-13-21/h14-18,20-21H,4-13H2,1-3H3. The molecule has 4 heteroatoms. The number of rotatable bonds is 7. The van der Waals surface area contributed by atoms with Crippen molar-refractivity contribution in [2.24, 2.45) is 11.8 Å². The Morgan fingerprint density at radius 1 is 0.767 bits per heavy atom. The van der Waals surface area contributed by atoms with Gasteiger partial charge in [0.15, 0.2) is 0 Å². The summed E-state index contributed by atoms with van der Waals surface area (Å²) in [7, 11) is 4.92. The number of hydrogen-bond donors (Lipinski definition) is 0. The van der Waals surface area contributed by atoms with Crippen LogP contribution in [0.15, 0.2) is 29.7 Å². The molecule has 30 heavy (non-hydrogen) atoms. The fourth-order valence-electron chi connectivity index (χ4n) is 4.86. The Bertz CT molecular complexity index is 765. The van der Waals surface area contributed by atoms with Crippen molar-refractivity contribution in [1.82, 2.24) is 0 Å². The maximum atomic E-state index is 12.4. The van der Waals surface area contributed by atoms with Crippen molar-refractivity contribution in [2.75, 3.05) is 21.3 Å². The fourth-order valence-corrected chi connectivity index (χ4v) is 4.86. The molecule has 0 heterocycles. The molecule has 2 aliphatic rings. The number of carbonyl (C=O) groups excluding carboxylic acids is 1. The zero-order valence-electron chi connectivity index (χ0n) is 18.7. The second-order valence-corrected chi connectivity index (χ2v) is 8.51. The second-order valence-electron chi connectivity index (χ2n) is 8.51. The number of ether oxygens (including phenoxy) is 3. The van der Waals surface area contributed by atoms with Gasteiger partial charge in [-0.05, 0) is 61.1 Å². The van der Waals surface area contributed by atoms with Crippen molar-refractivity contribution in [1.29, 1.82) is 0 Å². The summed E-state index contributed by atoms with van der Waals surface area (Å²) in [4.78, 5) is 12.4. The van der Waals surface area contributed by atoms with Gasteiger partial charge in [0.1, 0.15) is 0 Å². The molecular weight excluding hydrogens is 376 g/mol. The summed E-state index contributed by atoms with van der Waals surface area (Å²) >= 11 is 0. The van der Waals surface area contributed by atoms with Gasteiger partial charge >= 0.3 is 5.97 Å². The van der Waals surface area contributed by atoms with Gasteiger partial charge in [-0.1, -0.05) is 44.6 Å². The normalized spacial score (nSPS) is 19.4. The smallest absolute Gasteiger partial charge is 0.338 e. The van der Waals surface area contributed by atoms with E-state index in [2.05, 4.69) is 12.1 Å². The number of esters is 1. The van der Waals surface area contributed by atoms with Gasteiger partial charge in [-0.15, -0.1) is 0 Å². The molecule has 0 saturated heterocycles. The van der Waals surface area contributed by atoms with Gasteiger partial charge < -0.3 is 14.2 Å². The predicted molar refractivity (Wildman–Crippen MR) is 121 cm³/mol. The molecule has 0 radical (unpaired) electrons. The van der Waals surface area contributed by atoms with Crippen LogP contribution in [0, 0.1) is 11.8 Å². The molecule has 0 aliphatic heterocycles. The fraction of sp³-hybridized carbons (Fsp3) is 0.577. The van der Waals surface area contributed by atoms with Gasteiger partial charge in [0, 0.05) is 11.8 Å². The Kier molecular flexibility index (Phi) is 8.41. The molecule has 4 nitrogen and oxygen atoms in total. The van der Waals surface area contributed by atoms with Crippen LogP contribution in [0.3, 0.4) is 0 Å². The maximum absolute atomic E-state index is 12.4. The highest BCUT2D eigenvalue weighted by molar-refractivity contribution is 5.94.